The molecule has 0 aliphatic carbocycles. The molecule has 3 atom stereocenters. The second-order valence-electron chi connectivity index (χ2n) is 4.10. The van der Waals surface area contributed by atoms with Crippen molar-refractivity contribution < 1.29 is 19.7 Å². The standard InChI is InChI=1S/C12H17NO4/c13-8-12(15)11(14)10(6-7-16-12)17-9-4-2-1-3-5-9/h1-5,10-11,14-15H,6-8,13H2/t10?,11?,12-/m1/s1. The summed E-state index contributed by atoms with van der Waals surface area (Å²) in [4.78, 5) is 0. The summed E-state index contributed by atoms with van der Waals surface area (Å²) < 4.78 is 10.7. The highest BCUT2D eigenvalue weighted by Gasteiger charge is 2.45. The molecule has 0 radical (unpaired) electrons. The number of para-hydroxylation sites is 1. The molecule has 2 rings (SSSR count). The molecule has 1 aromatic rings. The predicted molar refractivity (Wildman–Crippen MR) is 61.4 cm³/mol. The van der Waals surface area contributed by atoms with Gasteiger partial charge in [-0.2, -0.15) is 0 Å². The van der Waals surface area contributed by atoms with Crippen molar-refractivity contribution in [1.82, 2.24) is 0 Å². The van der Waals surface area contributed by atoms with E-state index in [9.17, 15) is 10.2 Å². The van der Waals surface area contributed by atoms with E-state index in [1.165, 1.54) is 0 Å². The topological polar surface area (TPSA) is 84.9 Å². The lowest BCUT2D eigenvalue weighted by Crippen LogP contribution is -2.60. The number of nitrogens with two attached hydrogens (primary N) is 1. The Morgan fingerprint density at radius 2 is 2.12 bits per heavy atom. The van der Waals surface area contributed by atoms with E-state index in [2.05, 4.69) is 0 Å². The highest BCUT2D eigenvalue weighted by molar-refractivity contribution is 5.21. The number of benzene rings is 1. The minimum absolute atomic E-state index is 0.164. The average Bonchev–Trinajstić information content (AvgIpc) is 2.36. The maximum Gasteiger partial charge on any atom is 0.208 e. The van der Waals surface area contributed by atoms with E-state index in [1.807, 2.05) is 18.2 Å². The van der Waals surface area contributed by atoms with Crippen LogP contribution in [0.2, 0.25) is 0 Å². The third kappa shape index (κ3) is 2.58. The molecule has 5 nitrogen and oxygen atoms in total. The van der Waals surface area contributed by atoms with E-state index in [0.717, 1.165) is 0 Å². The number of hydrogen-bond acceptors (Lipinski definition) is 5. The minimum atomic E-state index is -1.71. The number of aliphatic hydroxyl groups is 2. The van der Waals surface area contributed by atoms with Crippen molar-refractivity contribution in [1.29, 1.82) is 0 Å². The van der Waals surface area contributed by atoms with Crippen LogP contribution in [0.3, 0.4) is 0 Å². The lowest BCUT2D eigenvalue weighted by molar-refractivity contribution is -0.290. The Labute approximate surface area is 99.8 Å². The summed E-state index contributed by atoms with van der Waals surface area (Å²) in [6.07, 6.45) is -1.15. The van der Waals surface area contributed by atoms with Crippen molar-refractivity contribution in [3.63, 3.8) is 0 Å². The molecule has 1 aliphatic heterocycles. The zero-order valence-corrected chi connectivity index (χ0v) is 9.45. The molecule has 0 spiro atoms. The van der Waals surface area contributed by atoms with E-state index < -0.39 is 18.0 Å². The van der Waals surface area contributed by atoms with Crippen LogP contribution in [0, 0.1) is 0 Å². The van der Waals surface area contributed by atoms with Gasteiger partial charge in [0, 0.05) is 13.0 Å². The van der Waals surface area contributed by atoms with E-state index in [-0.39, 0.29) is 6.54 Å². The SMILES string of the molecule is NC[C@@]1(O)OCCC(Oc2ccccc2)C1O. The van der Waals surface area contributed by atoms with Gasteiger partial charge in [-0.3, -0.25) is 0 Å². The number of ether oxygens (including phenoxy) is 2. The van der Waals surface area contributed by atoms with Gasteiger partial charge >= 0.3 is 0 Å². The lowest BCUT2D eigenvalue weighted by atomic mass is 9.99. The molecule has 0 amide bonds. The summed E-state index contributed by atoms with van der Waals surface area (Å²) in [5.74, 6) is -1.06. The van der Waals surface area contributed by atoms with Crippen LogP contribution in [0.25, 0.3) is 0 Å². The van der Waals surface area contributed by atoms with Crippen molar-refractivity contribution in [2.75, 3.05) is 13.2 Å². The van der Waals surface area contributed by atoms with Crippen LogP contribution in [0.15, 0.2) is 30.3 Å². The molecule has 0 aromatic heterocycles. The number of hydrogen-bond donors (Lipinski definition) is 3. The maximum absolute atomic E-state index is 9.97. The summed E-state index contributed by atoms with van der Waals surface area (Å²) in [5, 5.41) is 19.9. The minimum Gasteiger partial charge on any atom is -0.487 e. The number of aliphatic hydroxyl groups excluding tert-OH is 1. The normalized spacial score (nSPS) is 33.4. The zero-order valence-electron chi connectivity index (χ0n) is 9.45. The molecular weight excluding hydrogens is 222 g/mol. The van der Waals surface area contributed by atoms with E-state index in [1.54, 1.807) is 12.1 Å². The average molecular weight is 239 g/mol. The maximum atomic E-state index is 9.97. The molecular formula is C12H17NO4. The van der Waals surface area contributed by atoms with Crippen LogP contribution in [0.5, 0.6) is 5.75 Å². The van der Waals surface area contributed by atoms with Crippen molar-refractivity contribution in [3.05, 3.63) is 30.3 Å². The summed E-state index contributed by atoms with van der Waals surface area (Å²) in [5.41, 5.74) is 5.39. The van der Waals surface area contributed by atoms with Gasteiger partial charge in [0.25, 0.3) is 0 Å². The second-order valence-corrected chi connectivity index (χ2v) is 4.10. The fourth-order valence-corrected chi connectivity index (χ4v) is 1.86. The van der Waals surface area contributed by atoms with Gasteiger partial charge in [0.1, 0.15) is 18.0 Å². The second kappa shape index (κ2) is 5.01. The quantitative estimate of drug-likeness (QED) is 0.683. The van der Waals surface area contributed by atoms with Crippen LogP contribution < -0.4 is 10.5 Å². The van der Waals surface area contributed by atoms with E-state index in [4.69, 9.17) is 15.2 Å². The molecule has 4 N–H and O–H groups in total. The van der Waals surface area contributed by atoms with Crippen molar-refractivity contribution in [2.45, 2.75) is 24.4 Å². The van der Waals surface area contributed by atoms with Crippen LogP contribution in [0.4, 0.5) is 0 Å². The van der Waals surface area contributed by atoms with Crippen molar-refractivity contribution in [2.24, 2.45) is 5.73 Å². The molecule has 0 bridgehead atoms. The molecule has 2 unspecified atom stereocenters. The van der Waals surface area contributed by atoms with Gasteiger partial charge in [-0.05, 0) is 12.1 Å². The first kappa shape index (κ1) is 12.3. The molecule has 5 heteroatoms. The van der Waals surface area contributed by atoms with E-state index in [0.29, 0.717) is 18.8 Å². The molecule has 1 aliphatic rings. The van der Waals surface area contributed by atoms with Gasteiger partial charge in [-0.1, -0.05) is 18.2 Å². The predicted octanol–water partition coefficient (Wildman–Crippen LogP) is -0.138. The highest BCUT2D eigenvalue weighted by atomic mass is 16.6. The largest absolute Gasteiger partial charge is 0.487 e. The van der Waals surface area contributed by atoms with Gasteiger partial charge in [-0.15, -0.1) is 0 Å². The monoisotopic (exact) mass is 239 g/mol. The fraction of sp³-hybridized carbons (Fsp3) is 0.500. The Morgan fingerprint density at radius 3 is 2.76 bits per heavy atom. The summed E-state index contributed by atoms with van der Waals surface area (Å²) >= 11 is 0. The van der Waals surface area contributed by atoms with Crippen LogP contribution in [0.1, 0.15) is 6.42 Å². The van der Waals surface area contributed by atoms with Gasteiger partial charge < -0.3 is 25.4 Å². The molecule has 94 valence electrons. The van der Waals surface area contributed by atoms with Gasteiger partial charge in [0.05, 0.1) is 6.61 Å². The zero-order chi connectivity index (χ0) is 12.3. The first-order valence-corrected chi connectivity index (χ1v) is 5.62. The summed E-state index contributed by atoms with van der Waals surface area (Å²) in [6, 6.07) is 9.16. The van der Waals surface area contributed by atoms with Crippen LogP contribution in [-0.2, 0) is 4.74 Å². The molecule has 1 heterocycles. The Bertz CT molecular complexity index is 359. The summed E-state index contributed by atoms with van der Waals surface area (Å²) in [7, 11) is 0. The van der Waals surface area contributed by atoms with Crippen LogP contribution in [-0.4, -0.2) is 41.4 Å². The smallest absolute Gasteiger partial charge is 0.208 e. The fourth-order valence-electron chi connectivity index (χ4n) is 1.86. The molecule has 1 saturated heterocycles. The Hall–Kier alpha value is -1.14. The molecule has 17 heavy (non-hydrogen) atoms. The van der Waals surface area contributed by atoms with Gasteiger partial charge in [-0.25, -0.2) is 0 Å². The van der Waals surface area contributed by atoms with Gasteiger partial charge in [0.15, 0.2) is 0 Å². The first-order chi connectivity index (χ1) is 8.15. The summed E-state index contributed by atoms with van der Waals surface area (Å²) in [6.45, 7) is 0.144. The molecule has 0 saturated carbocycles. The van der Waals surface area contributed by atoms with Crippen molar-refractivity contribution >= 4 is 0 Å². The van der Waals surface area contributed by atoms with Gasteiger partial charge in [0.2, 0.25) is 5.79 Å². The van der Waals surface area contributed by atoms with E-state index >= 15 is 0 Å². The first-order valence-electron chi connectivity index (χ1n) is 5.62. The number of rotatable bonds is 3. The Balaban J connectivity index is 2.06. The third-order valence-electron chi connectivity index (χ3n) is 2.89. The Kier molecular flexibility index (Phi) is 3.63. The van der Waals surface area contributed by atoms with Crippen LogP contribution >= 0.6 is 0 Å². The highest BCUT2D eigenvalue weighted by Crippen LogP contribution is 2.26. The lowest BCUT2D eigenvalue weighted by Gasteiger charge is -2.40. The van der Waals surface area contributed by atoms with Crippen molar-refractivity contribution in [3.8, 4) is 5.75 Å². The molecule has 1 fully saturated rings. The molecule has 1 aromatic carbocycles. The third-order valence-corrected chi connectivity index (χ3v) is 2.89. The Morgan fingerprint density at radius 1 is 1.41 bits per heavy atom.